The molecule has 2 heteroatoms. The third kappa shape index (κ3) is 2.25. The van der Waals surface area contributed by atoms with Crippen LogP contribution < -0.4 is 0 Å². The first-order chi connectivity index (χ1) is 8.30. The van der Waals surface area contributed by atoms with Crippen LogP contribution in [0.1, 0.15) is 53.4 Å². The van der Waals surface area contributed by atoms with Crippen LogP contribution in [0.5, 0.6) is 0 Å². The summed E-state index contributed by atoms with van der Waals surface area (Å²) < 4.78 is 5.79. The third-order valence-corrected chi connectivity index (χ3v) is 5.41. The summed E-state index contributed by atoms with van der Waals surface area (Å²) in [7, 11) is 1.81. The van der Waals surface area contributed by atoms with E-state index in [-0.39, 0.29) is 5.60 Å². The molecule has 2 nitrogen and oxygen atoms in total. The van der Waals surface area contributed by atoms with Gasteiger partial charge in [0.05, 0.1) is 11.2 Å². The van der Waals surface area contributed by atoms with Gasteiger partial charge >= 0.3 is 0 Å². The molecule has 0 spiro atoms. The van der Waals surface area contributed by atoms with Gasteiger partial charge in [-0.05, 0) is 51.4 Å². The molecule has 18 heavy (non-hydrogen) atoms. The molecule has 0 aromatic heterocycles. The van der Waals surface area contributed by atoms with Crippen molar-refractivity contribution in [3.63, 3.8) is 0 Å². The maximum Gasteiger partial charge on any atom is 0.0717 e. The monoisotopic (exact) mass is 252 g/mol. The predicted octanol–water partition coefficient (Wildman–Crippen LogP) is 3.54. The second-order valence-electron chi connectivity index (χ2n) is 6.94. The highest BCUT2D eigenvalue weighted by Gasteiger charge is 2.51. The molecule has 104 valence electrons. The molecular weight excluding hydrogens is 224 g/mol. The summed E-state index contributed by atoms with van der Waals surface area (Å²) >= 11 is 0. The minimum Gasteiger partial charge on any atom is -0.390 e. The maximum absolute atomic E-state index is 10.8. The Morgan fingerprint density at radius 2 is 2.00 bits per heavy atom. The molecule has 0 unspecified atom stereocenters. The Morgan fingerprint density at radius 1 is 1.33 bits per heavy atom. The minimum atomic E-state index is -0.548. The van der Waals surface area contributed by atoms with Crippen LogP contribution in [0.15, 0.2) is 11.6 Å². The molecule has 1 saturated carbocycles. The highest BCUT2D eigenvalue weighted by atomic mass is 16.5. The highest BCUT2D eigenvalue weighted by molar-refractivity contribution is 5.19. The molecule has 0 aromatic rings. The molecule has 4 atom stereocenters. The van der Waals surface area contributed by atoms with E-state index < -0.39 is 5.60 Å². The van der Waals surface area contributed by atoms with E-state index in [0.717, 1.165) is 25.7 Å². The largest absolute Gasteiger partial charge is 0.390 e. The number of hydrogen-bond acceptors (Lipinski definition) is 2. The number of methoxy groups -OCH3 is 1. The van der Waals surface area contributed by atoms with Crippen LogP contribution in [-0.4, -0.2) is 23.4 Å². The summed E-state index contributed by atoms with van der Waals surface area (Å²) in [5.41, 5.74) is 0.848. The fourth-order valence-electron chi connectivity index (χ4n) is 3.82. The summed E-state index contributed by atoms with van der Waals surface area (Å²) in [6, 6.07) is 0. The average molecular weight is 252 g/mol. The molecule has 0 aliphatic heterocycles. The van der Waals surface area contributed by atoms with Crippen LogP contribution in [0.2, 0.25) is 0 Å². The lowest BCUT2D eigenvalue weighted by atomic mass is 9.77. The topological polar surface area (TPSA) is 29.5 Å². The van der Waals surface area contributed by atoms with Gasteiger partial charge < -0.3 is 9.84 Å². The molecule has 1 N–H and O–H groups in total. The summed E-state index contributed by atoms with van der Waals surface area (Å²) in [4.78, 5) is 0. The Labute approximate surface area is 111 Å². The smallest absolute Gasteiger partial charge is 0.0717 e. The molecule has 1 fully saturated rings. The van der Waals surface area contributed by atoms with Crippen molar-refractivity contribution in [2.24, 2.45) is 17.8 Å². The normalized spacial score (nSPS) is 44.7. The van der Waals surface area contributed by atoms with Crippen molar-refractivity contribution in [2.75, 3.05) is 7.11 Å². The minimum absolute atomic E-state index is 0.0981. The van der Waals surface area contributed by atoms with E-state index in [1.54, 1.807) is 0 Å². The van der Waals surface area contributed by atoms with Crippen molar-refractivity contribution >= 4 is 0 Å². The Balaban J connectivity index is 2.38. The summed E-state index contributed by atoms with van der Waals surface area (Å²) in [6.45, 7) is 8.72. The fraction of sp³-hybridized carbons (Fsp3) is 0.875. The molecular formula is C16H28O2. The number of rotatable bonds is 2. The zero-order valence-electron chi connectivity index (χ0n) is 12.5. The standard InChI is InChI=1S/C16H28O2/c1-11(2)12-6-8-15(3,17)13-7-9-16(4,18-5)14(13)10-12/h10-11,13-14,17H,6-9H2,1-5H3/t13-,14+,15-,16-/m1/s1. The summed E-state index contributed by atoms with van der Waals surface area (Å²) in [5, 5.41) is 10.8. The molecule has 0 aromatic carbocycles. The predicted molar refractivity (Wildman–Crippen MR) is 74.4 cm³/mol. The lowest BCUT2D eigenvalue weighted by Crippen LogP contribution is -2.41. The summed E-state index contributed by atoms with van der Waals surface area (Å²) in [5.74, 6) is 1.28. The van der Waals surface area contributed by atoms with Crippen molar-refractivity contribution < 1.29 is 9.84 Å². The Bertz CT molecular complexity index is 343. The first-order valence-corrected chi connectivity index (χ1v) is 7.28. The van der Waals surface area contributed by atoms with Crippen molar-refractivity contribution in [1.29, 1.82) is 0 Å². The van der Waals surface area contributed by atoms with Gasteiger partial charge in [0.2, 0.25) is 0 Å². The Hall–Kier alpha value is -0.340. The van der Waals surface area contributed by atoms with Gasteiger partial charge in [0.1, 0.15) is 0 Å². The van der Waals surface area contributed by atoms with E-state index in [0.29, 0.717) is 17.8 Å². The van der Waals surface area contributed by atoms with Gasteiger partial charge in [0, 0.05) is 13.0 Å². The molecule has 0 amide bonds. The van der Waals surface area contributed by atoms with Crippen molar-refractivity contribution in [2.45, 2.75) is 64.6 Å². The van der Waals surface area contributed by atoms with Crippen LogP contribution in [0, 0.1) is 17.8 Å². The maximum atomic E-state index is 10.8. The van der Waals surface area contributed by atoms with Gasteiger partial charge in [-0.1, -0.05) is 25.5 Å². The number of hydrogen-bond donors (Lipinski definition) is 1. The van der Waals surface area contributed by atoms with E-state index >= 15 is 0 Å². The molecule has 0 saturated heterocycles. The quantitative estimate of drug-likeness (QED) is 0.762. The molecule has 2 rings (SSSR count). The SMILES string of the molecule is CO[C@]1(C)CC[C@@H]2[C@@H]1C=C(C(C)C)CC[C@@]2(C)O. The van der Waals surface area contributed by atoms with E-state index in [2.05, 4.69) is 26.8 Å². The first-order valence-electron chi connectivity index (χ1n) is 7.28. The molecule has 2 aliphatic rings. The van der Waals surface area contributed by atoms with Gasteiger partial charge in [-0.3, -0.25) is 0 Å². The fourth-order valence-corrected chi connectivity index (χ4v) is 3.82. The average Bonchev–Trinajstić information content (AvgIpc) is 2.55. The third-order valence-electron chi connectivity index (χ3n) is 5.41. The van der Waals surface area contributed by atoms with Crippen LogP contribution in [0.3, 0.4) is 0 Å². The van der Waals surface area contributed by atoms with Crippen molar-refractivity contribution in [1.82, 2.24) is 0 Å². The number of allylic oxidation sites excluding steroid dienone is 1. The van der Waals surface area contributed by atoms with Crippen LogP contribution in [0.4, 0.5) is 0 Å². The molecule has 0 heterocycles. The van der Waals surface area contributed by atoms with Gasteiger partial charge in [-0.2, -0.15) is 0 Å². The summed E-state index contributed by atoms with van der Waals surface area (Å²) in [6.07, 6.45) is 6.46. The van der Waals surface area contributed by atoms with Gasteiger partial charge in [0.15, 0.2) is 0 Å². The van der Waals surface area contributed by atoms with Crippen molar-refractivity contribution in [3.05, 3.63) is 11.6 Å². The second-order valence-corrected chi connectivity index (χ2v) is 6.94. The van der Waals surface area contributed by atoms with Gasteiger partial charge in [0.25, 0.3) is 0 Å². The number of fused-ring (bicyclic) bond motifs is 1. The van der Waals surface area contributed by atoms with Crippen LogP contribution >= 0.6 is 0 Å². The molecule has 0 radical (unpaired) electrons. The first kappa shape index (κ1) is 14.1. The Morgan fingerprint density at radius 3 is 2.56 bits per heavy atom. The molecule has 0 bridgehead atoms. The lowest BCUT2D eigenvalue weighted by Gasteiger charge is -2.36. The lowest BCUT2D eigenvalue weighted by molar-refractivity contribution is -0.0580. The zero-order chi connectivity index (χ0) is 13.6. The van der Waals surface area contributed by atoms with E-state index in [1.165, 1.54) is 5.57 Å². The van der Waals surface area contributed by atoms with E-state index in [4.69, 9.17) is 4.74 Å². The Kier molecular flexibility index (Phi) is 3.63. The van der Waals surface area contributed by atoms with Crippen LogP contribution in [0.25, 0.3) is 0 Å². The van der Waals surface area contributed by atoms with E-state index in [9.17, 15) is 5.11 Å². The van der Waals surface area contributed by atoms with E-state index in [1.807, 2.05) is 14.0 Å². The van der Waals surface area contributed by atoms with Gasteiger partial charge in [-0.25, -0.2) is 0 Å². The van der Waals surface area contributed by atoms with Crippen LogP contribution in [-0.2, 0) is 4.74 Å². The number of aliphatic hydroxyl groups is 1. The zero-order valence-corrected chi connectivity index (χ0v) is 12.5. The highest BCUT2D eigenvalue weighted by Crippen LogP contribution is 2.51. The van der Waals surface area contributed by atoms with Gasteiger partial charge in [-0.15, -0.1) is 0 Å². The number of ether oxygens (including phenoxy) is 1. The van der Waals surface area contributed by atoms with Crippen molar-refractivity contribution in [3.8, 4) is 0 Å². The molecule has 2 aliphatic carbocycles. The second kappa shape index (κ2) is 4.64.